The largest absolute Gasteiger partial charge is 0.352 e. The Morgan fingerprint density at radius 2 is 2.56 bits per heavy atom. The smallest absolute Gasteiger partial charge is 0.227 e. The van der Waals surface area contributed by atoms with Crippen molar-refractivity contribution in [2.75, 3.05) is 20.1 Å². The molecular weight excluding hydrogens is 270 g/mol. The zero-order valence-corrected chi connectivity index (χ0v) is 12.1. The first-order chi connectivity index (χ1) is 8.67. The molecule has 1 aromatic heterocycles. The molecule has 0 saturated carbocycles. The summed E-state index contributed by atoms with van der Waals surface area (Å²) in [6.07, 6.45) is 2.58. The topological polar surface area (TPSA) is 45.2 Å². The number of alkyl halides is 1. The molecule has 2 rings (SSSR count). The van der Waals surface area contributed by atoms with Gasteiger partial charge in [0.2, 0.25) is 5.91 Å². The maximum absolute atomic E-state index is 11.9. The molecule has 1 amide bonds. The predicted octanol–water partition coefficient (Wildman–Crippen LogP) is 1.63. The van der Waals surface area contributed by atoms with Crippen molar-refractivity contribution in [3.63, 3.8) is 0 Å². The van der Waals surface area contributed by atoms with Crippen LogP contribution in [0.5, 0.6) is 0 Å². The Hall–Kier alpha value is -0.650. The van der Waals surface area contributed by atoms with Crippen molar-refractivity contribution >= 4 is 28.8 Å². The molecule has 1 saturated heterocycles. The van der Waals surface area contributed by atoms with Gasteiger partial charge in [0.1, 0.15) is 5.01 Å². The average Bonchev–Trinajstić information content (AvgIpc) is 2.76. The second-order valence-corrected chi connectivity index (χ2v) is 5.92. The molecule has 4 nitrogen and oxygen atoms in total. The van der Waals surface area contributed by atoms with E-state index in [0.29, 0.717) is 12.3 Å². The number of nitrogens with one attached hydrogen (secondary N) is 1. The van der Waals surface area contributed by atoms with Crippen LogP contribution in [0.4, 0.5) is 0 Å². The summed E-state index contributed by atoms with van der Waals surface area (Å²) in [5.41, 5.74) is 0.849. The summed E-state index contributed by atoms with van der Waals surface area (Å²) in [6.45, 7) is 2.06. The second kappa shape index (κ2) is 6.50. The number of likely N-dealkylation sites (tertiary alicyclic amines) is 1. The highest BCUT2D eigenvalue weighted by Crippen LogP contribution is 2.13. The van der Waals surface area contributed by atoms with Crippen LogP contribution in [0, 0.1) is 0 Å². The van der Waals surface area contributed by atoms with Gasteiger partial charge in [-0.15, -0.1) is 22.9 Å². The summed E-state index contributed by atoms with van der Waals surface area (Å²) in [7, 11) is 2.09. The lowest BCUT2D eigenvalue weighted by atomic mass is 10.1. The van der Waals surface area contributed by atoms with Gasteiger partial charge in [-0.1, -0.05) is 0 Å². The highest BCUT2D eigenvalue weighted by Gasteiger charge is 2.19. The number of hydrogen-bond acceptors (Lipinski definition) is 4. The minimum atomic E-state index is 0.0609. The van der Waals surface area contributed by atoms with E-state index in [-0.39, 0.29) is 11.9 Å². The molecule has 6 heteroatoms. The number of piperidine rings is 1. The summed E-state index contributed by atoms with van der Waals surface area (Å²) >= 11 is 7.18. The molecule has 1 aromatic rings. The number of hydrogen-bond donors (Lipinski definition) is 1. The zero-order chi connectivity index (χ0) is 13.0. The Morgan fingerprint density at radius 1 is 1.72 bits per heavy atom. The Morgan fingerprint density at radius 3 is 3.22 bits per heavy atom. The third kappa shape index (κ3) is 3.93. The molecular formula is C12H18ClN3OS. The number of carbonyl (C=O) groups is 1. The summed E-state index contributed by atoms with van der Waals surface area (Å²) in [4.78, 5) is 18.4. The molecule has 1 aliphatic heterocycles. The number of thiazole rings is 1. The van der Waals surface area contributed by atoms with Crippen molar-refractivity contribution in [3.05, 3.63) is 16.1 Å². The molecule has 1 unspecified atom stereocenters. The number of carbonyl (C=O) groups excluding carboxylic acids is 1. The van der Waals surface area contributed by atoms with Gasteiger partial charge in [0.05, 0.1) is 18.0 Å². The van der Waals surface area contributed by atoms with E-state index in [1.54, 1.807) is 0 Å². The number of amides is 1. The number of likely N-dealkylation sites (N-methyl/N-ethyl adjacent to an activating group) is 1. The predicted molar refractivity (Wildman–Crippen MR) is 74.0 cm³/mol. The van der Waals surface area contributed by atoms with E-state index in [2.05, 4.69) is 22.2 Å². The SMILES string of the molecule is CN1CCCC(NC(=O)Cc2nc(CCl)cs2)C1. The maximum Gasteiger partial charge on any atom is 0.227 e. The van der Waals surface area contributed by atoms with Gasteiger partial charge < -0.3 is 10.2 Å². The minimum Gasteiger partial charge on any atom is -0.352 e. The highest BCUT2D eigenvalue weighted by atomic mass is 35.5. The lowest BCUT2D eigenvalue weighted by molar-refractivity contribution is -0.121. The summed E-state index contributed by atoms with van der Waals surface area (Å²) in [5.74, 6) is 0.469. The Bertz CT molecular complexity index is 410. The van der Waals surface area contributed by atoms with Crippen molar-refractivity contribution in [3.8, 4) is 0 Å². The standard InChI is InChI=1S/C12H18ClN3OS/c1-16-4-2-3-9(7-16)14-11(17)5-12-15-10(6-13)8-18-12/h8-9H,2-7H2,1H3,(H,14,17). The fraction of sp³-hybridized carbons (Fsp3) is 0.667. The zero-order valence-electron chi connectivity index (χ0n) is 10.5. The van der Waals surface area contributed by atoms with Crippen molar-refractivity contribution in [1.29, 1.82) is 0 Å². The van der Waals surface area contributed by atoms with Crippen LogP contribution in [-0.2, 0) is 17.1 Å². The first-order valence-electron chi connectivity index (χ1n) is 6.14. The molecule has 0 aromatic carbocycles. The lowest BCUT2D eigenvalue weighted by Gasteiger charge is -2.30. The van der Waals surface area contributed by atoms with Crippen molar-refractivity contribution in [2.24, 2.45) is 0 Å². The van der Waals surface area contributed by atoms with E-state index < -0.39 is 0 Å². The van der Waals surface area contributed by atoms with Crippen molar-refractivity contribution in [1.82, 2.24) is 15.2 Å². The van der Waals surface area contributed by atoms with Crippen LogP contribution < -0.4 is 5.32 Å². The van der Waals surface area contributed by atoms with E-state index in [0.717, 1.165) is 36.6 Å². The van der Waals surface area contributed by atoms with Crippen LogP contribution >= 0.6 is 22.9 Å². The van der Waals surface area contributed by atoms with E-state index in [9.17, 15) is 4.79 Å². The molecule has 2 heterocycles. The van der Waals surface area contributed by atoms with Gasteiger partial charge in [-0.25, -0.2) is 4.98 Å². The number of nitrogens with zero attached hydrogens (tertiary/aromatic N) is 2. The van der Waals surface area contributed by atoms with Gasteiger partial charge >= 0.3 is 0 Å². The molecule has 0 radical (unpaired) electrons. The van der Waals surface area contributed by atoms with Gasteiger partial charge in [-0.3, -0.25) is 4.79 Å². The molecule has 100 valence electrons. The van der Waals surface area contributed by atoms with Gasteiger partial charge in [-0.05, 0) is 26.4 Å². The third-order valence-corrected chi connectivity index (χ3v) is 4.21. The molecule has 0 spiro atoms. The molecule has 0 bridgehead atoms. The maximum atomic E-state index is 11.9. The quantitative estimate of drug-likeness (QED) is 0.856. The van der Waals surface area contributed by atoms with Crippen LogP contribution in [0.1, 0.15) is 23.5 Å². The van der Waals surface area contributed by atoms with E-state index in [4.69, 9.17) is 11.6 Å². The van der Waals surface area contributed by atoms with Gasteiger partial charge in [0.25, 0.3) is 0 Å². The Balaban J connectivity index is 1.81. The number of rotatable bonds is 4. The van der Waals surface area contributed by atoms with Crippen molar-refractivity contribution in [2.45, 2.75) is 31.2 Å². The van der Waals surface area contributed by atoms with Crippen molar-refractivity contribution < 1.29 is 4.79 Å². The van der Waals surface area contributed by atoms with Crippen LogP contribution in [0.25, 0.3) is 0 Å². The second-order valence-electron chi connectivity index (χ2n) is 4.71. The van der Waals surface area contributed by atoms with Crippen LogP contribution in [-0.4, -0.2) is 42.0 Å². The van der Waals surface area contributed by atoms with E-state index >= 15 is 0 Å². The highest BCUT2D eigenvalue weighted by molar-refractivity contribution is 7.09. The minimum absolute atomic E-state index is 0.0609. The molecule has 1 fully saturated rings. The summed E-state index contributed by atoms with van der Waals surface area (Å²) in [5, 5.41) is 5.82. The van der Waals surface area contributed by atoms with Crippen LogP contribution in [0.3, 0.4) is 0 Å². The first-order valence-corrected chi connectivity index (χ1v) is 7.56. The molecule has 0 aliphatic carbocycles. The molecule has 18 heavy (non-hydrogen) atoms. The first kappa shape index (κ1) is 13.8. The lowest BCUT2D eigenvalue weighted by Crippen LogP contribution is -2.46. The fourth-order valence-electron chi connectivity index (χ4n) is 2.19. The van der Waals surface area contributed by atoms with Crippen LogP contribution in [0.2, 0.25) is 0 Å². The van der Waals surface area contributed by atoms with Gasteiger partial charge in [0.15, 0.2) is 0 Å². The Kier molecular flexibility index (Phi) is 4.97. The summed E-state index contributed by atoms with van der Waals surface area (Å²) in [6, 6.07) is 0.281. The van der Waals surface area contributed by atoms with E-state index in [1.165, 1.54) is 11.3 Å². The third-order valence-electron chi connectivity index (χ3n) is 3.04. The normalized spacial score (nSPS) is 20.9. The number of aromatic nitrogens is 1. The Labute approximate surface area is 116 Å². The van der Waals surface area contributed by atoms with E-state index in [1.807, 2.05) is 5.38 Å². The monoisotopic (exact) mass is 287 g/mol. The number of halogens is 1. The average molecular weight is 288 g/mol. The molecule has 1 N–H and O–H groups in total. The fourth-order valence-corrected chi connectivity index (χ4v) is 3.21. The molecule has 1 atom stereocenters. The summed E-state index contributed by atoms with van der Waals surface area (Å²) < 4.78 is 0. The van der Waals surface area contributed by atoms with Crippen LogP contribution in [0.15, 0.2) is 5.38 Å². The molecule has 1 aliphatic rings. The van der Waals surface area contributed by atoms with Gasteiger partial charge in [-0.2, -0.15) is 0 Å². The van der Waals surface area contributed by atoms with Gasteiger partial charge in [0, 0.05) is 18.0 Å².